The van der Waals surface area contributed by atoms with Gasteiger partial charge in [-0.05, 0) is 171 Å². The summed E-state index contributed by atoms with van der Waals surface area (Å²) in [6.07, 6.45) is 0. The number of hydrogen-bond acceptors (Lipinski definition) is 7. The van der Waals surface area contributed by atoms with Crippen molar-refractivity contribution in [2.75, 3.05) is 0 Å². The molecule has 3 aromatic heterocycles. The first-order chi connectivity index (χ1) is 51.1. The van der Waals surface area contributed by atoms with Gasteiger partial charge in [0.1, 0.15) is 0 Å². The molecule has 3 heterocycles. The molecule has 0 atom stereocenters. The van der Waals surface area contributed by atoms with Crippen molar-refractivity contribution in [2.45, 2.75) is 0 Å². The zero-order chi connectivity index (χ0) is 71.1. The lowest BCUT2D eigenvalue weighted by Gasteiger charge is -2.21. The number of nitriles is 4. The molecule has 0 spiro atoms. The highest BCUT2D eigenvalue weighted by Gasteiger charge is 2.26. The maximum absolute atomic E-state index is 10.6. The van der Waals surface area contributed by atoms with Crippen LogP contribution in [0.4, 0.5) is 28.4 Å². The molecule has 0 bridgehead atoms. The summed E-state index contributed by atoms with van der Waals surface area (Å²) in [6, 6.07) is 93.3. The molecule has 0 N–H and O–H groups in total. The van der Waals surface area contributed by atoms with Crippen LogP contribution in [-0.2, 0) is 0 Å². The summed E-state index contributed by atoms with van der Waals surface area (Å²) >= 11 is 0. The Morgan fingerprint density at radius 3 is 1.09 bits per heavy atom. The highest BCUT2D eigenvalue weighted by Crippen LogP contribution is 2.48. The molecular weight excluding hydrogens is 1280 g/mol. The van der Waals surface area contributed by atoms with E-state index in [9.17, 15) is 21.0 Å². The van der Waals surface area contributed by atoms with Crippen LogP contribution in [0.2, 0.25) is 0 Å². The van der Waals surface area contributed by atoms with Crippen molar-refractivity contribution in [3.8, 4) is 137 Å². The van der Waals surface area contributed by atoms with Crippen molar-refractivity contribution >= 4 is 72.0 Å². The Bertz CT molecular complexity index is 6470. The van der Waals surface area contributed by atoms with E-state index in [1.807, 2.05) is 133 Å². The third-order valence-electron chi connectivity index (χ3n) is 18.8. The molecular formula is C90H44N14. The van der Waals surface area contributed by atoms with E-state index in [0.29, 0.717) is 102 Å². The van der Waals surface area contributed by atoms with Gasteiger partial charge < -0.3 is 9.13 Å². The number of rotatable bonds is 11. The average molecular weight is 1320 g/mol. The zero-order valence-corrected chi connectivity index (χ0v) is 54.7. The molecule has 0 saturated heterocycles. The van der Waals surface area contributed by atoms with E-state index in [4.69, 9.17) is 47.8 Å². The minimum atomic E-state index is 0.308. The Labute approximate surface area is 596 Å². The molecule has 0 radical (unpaired) electrons. The van der Waals surface area contributed by atoms with Gasteiger partial charge in [0, 0.05) is 71.6 Å². The van der Waals surface area contributed by atoms with Crippen molar-refractivity contribution in [2.24, 2.45) is 0 Å². The molecule has 14 nitrogen and oxygen atoms in total. The van der Waals surface area contributed by atoms with E-state index in [1.54, 1.807) is 78.9 Å². The lowest BCUT2D eigenvalue weighted by molar-refractivity contribution is 1.07. The molecule has 0 saturated carbocycles. The topological polar surface area (TPSA) is 165 Å². The van der Waals surface area contributed by atoms with Crippen LogP contribution in [0.5, 0.6) is 0 Å². The Kier molecular flexibility index (Phi) is 15.7. The molecule has 0 aliphatic heterocycles. The number of hydrogen-bond donors (Lipinski definition) is 0. The van der Waals surface area contributed by atoms with Crippen LogP contribution in [0.15, 0.2) is 267 Å². The summed E-state index contributed by atoms with van der Waals surface area (Å²) in [5, 5.41) is 44.4. The number of fused-ring (bicyclic) bond motifs is 6. The Hall–Kier alpha value is -16.1. The SMILES string of the molecule is [C-]#[N+]c1cccc(-c2ccc(-c3cc(-c4nc(-c5ccccc5)nc(-c5ccccc5)n4)ccc3-n3c4ccc(-c5ccc([N+]#[C-])cc5C#N)cc4c4cc(-c5ccc(C#N)cc5[N+]#[C-])ccc43)c(-n3c4ccc(-c5ccc([N+]#[C-])cc5C#N)cc4c4cc(-c5ccc(C#N)cc5[N+]#[C-])ccc43)c2)c1. The number of aromatic nitrogens is 5. The van der Waals surface area contributed by atoms with Crippen LogP contribution in [-0.4, -0.2) is 24.1 Å². The minimum Gasteiger partial charge on any atom is -0.309 e. The largest absolute Gasteiger partial charge is 0.309 e. The van der Waals surface area contributed by atoms with E-state index in [-0.39, 0.29) is 0 Å². The van der Waals surface area contributed by atoms with E-state index in [1.165, 1.54) is 0 Å². The molecule has 16 rings (SSSR count). The van der Waals surface area contributed by atoms with Gasteiger partial charge >= 0.3 is 0 Å². The lowest BCUT2D eigenvalue weighted by atomic mass is 9.94. The normalized spacial score (nSPS) is 10.8. The molecule has 0 aliphatic carbocycles. The molecule has 0 fully saturated rings. The zero-order valence-electron chi connectivity index (χ0n) is 54.7. The fraction of sp³-hybridized carbons (Fsp3) is 0. The summed E-state index contributed by atoms with van der Waals surface area (Å²) in [7, 11) is 0. The second-order valence-electron chi connectivity index (χ2n) is 24.6. The van der Waals surface area contributed by atoms with Gasteiger partial charge in [-0.1, -0.05) is 152 Å². The fourth-order valence-electron chi connectivity index (χ4n) is 13.9. The molecule has 16 aromatic rings. The highest BCUT2D eigenvalue weighted by molar-refractivity contribution is 6.15. The van der Waals surface area contributed by atoms with Crippen LogP contribution in [0, 0.1) is 78.2 Å². The van der Waals surface area contributed by atoms with Crippen LogP contribution >= 0.6 is 0 Å². The van der Waals surface area contributed by atoms with Gasteiger partial charge in [0.05, 0.1) is 90.6 Å². The number of nitrogens with zero attached hydrogens (tertiary/aromatic N) is 14. The smallest absolute Gasteiger partial charge is 0.196 e. The Balaban J connectivity index is 1.04. The van der Waals surface area contributed by atoms with Crippen LogP contribution in [0.1, 0.15) is 22.3 Å². The Morgan fingerprint density at radius 1 is 0.260 bits per heavy atom. The molecule has 474 valence electrons. The van der Waals surface area contributed by atoms with Crippen LogP contribution in [0.3, 0.4) is 0 Å². The highest BCUT2D eigenvalue weighted by atomic mass is 15.0. The van der Waals surface area contributed by atoms with Gasteiger partial charge in [0.15, 0.2) is 45.9 Å². The van der Waals surface area contributed by atoms with Gasteiger partial charge in [-0.25, -0.2) is 39.2 Å². The molecule has 0 aliphatic rings. The minimum absolute atomic E-state index is 0.308. The summed E-state index contributed by atoms with van der Waals surface area (Å²) in [4.78, 5) is 34.6. The van der Waals surface area contributed by atoms with Crippen molar-refractivity contribution in [1.29, 1.82) is 21.0 Å². The maximum atomic E-state index is 10.6. The van der Waals surface area contributed by atoms with E-state index in [0.717, 1.165) is 105 Å². The Morgan fingerprint density at radius 2 is 0.644 bits per heavy atom. The van der Waals surface area contributed by atoms with Gasteiger partial charge in [0.25, 0.3) is 0 Å². The molecule has 104 heavy (non-hydrogen) atoms. The second kappa shape index (κ2) is 26.0. The molecule has 0 unspecified atom stereocenters. The van der Waals surface area contributed by atoms with Gasteiger partial charge in [0.2, 0.25) is 0 Å². The average Bonchev–Trinajstić information content (AvgIpc) is 1.56. The molecule has 13 aromatic carbocycles. The van der Waals surface area contributed by atoms with Crippen molar-refractivity contribution < 1.29 is 0 Å². The predicted molar refractivity (Wildman–Crippen MR) is 408 cm³/mol. The first kappa shape index (κ1) is 62.7. The number of benzene rings is 13. The van der Waals surface area contributed by atoms with E-state index < -0.39 is 0 Å². The first-order valence-corrected chi connectivity index (χ1v) is 32.6. The lowest BCUT2D eigenvalue weighted by Crippen LogP contribution is -2.04. The summed E-state index contributed by atoms with van der Waals surface area (Å²) in [6.45, 7) is 40.3. The fourth-order valence-corrected chi connectivity index (χ4v) is 13.9. The molecule has 14 heteroatoms. The predicted octanol–water partition coefficient (Wildman–Crippen LogP) is 23.3. The maximum Gasteiger partial charge on any atom is 0.196 e. The van der Waals surface area contributed by atoms with Gasteiger partial charge in [-0.2, -0.15) is 21.0 Å². The van der Waals surface area contributed by atoms with Crippen LogP contribution < -0.4 is 0 Å². The molecule has 0 amide bonds. The van der Waals surface area contributed by atoms with Crippen molar-refractivity contribution in [3.63, 3.8) is 0 Å². The van der Waals surface area contributed by atoms with Gasteiger partial charge in [-0.3, -0.25) is 0 Å². The van der Waals surface area contributed by atoms with Gasteiger partial charge in [-0.15, -0.1) is 0 Å². The van der Waals surface area contributed by atoms with E-state index >= 15 is 0 Å². The second-order valence-corrected chi connectivity index (χ2v) is 24.6. The van der Waals surface area contributed by atoms with Crippen molar-refractivity contribution in [3.05, 3.63) is 346 Å². The monoisotopic (exact) mass is 1320 g/mol. The summed E-state index contributed by atoms with van der Waals surface area (Å²) in [5.41, 5.74) is 18.4. The van der Waals surface area contributed by atoms with Crippen LogP contribution in [0.25, 0.3) is 180 Å². The third-order valence-corrected chi connectivity index (χ3v) is 18.8. The standard InChI is InChI=1S/C90H44N14/c1-95-67-18-12-17-58(41-67)59-21-31-74(87(49-59)104-85-35-23-61(71-33-28-69(97-3)43-66(71)53-94)45-77(85)79-47-63(25-37-86(79)104)73-30-20-55(51-92)40-81(73)99-5)75-48-64(90-101-88(56-13-8-6-9-14-56)100-89(102-90)57-15-10-7-11-16-57)26-38-82(75)103-83-34-22-60(70-32-27-68(96-2)42-65(70)52-93)44-76(83)78-46-62(24-36-84(78)103)72-29-19-54(50-91)39-80(72)98-4/h6-49H. The summed E-state index contributed by atoms with van der Waals surface area (Å²) in [5.74, 6) is 1.32. The summed E-state index contributed by atoms with van der Waals surface area (Å²) < 4.78 is 4.44. The van der Waals surface area contributed by atoms with Crippen molar-refractivity contribution in [1.82, 2.24) is 24.1 Å². The van der Waals surface area contributed by atoms with E-state index in [2.05, 4.69) is 112 Å². The third kappa shape index (κ3) is 10.9. The quantitative estimate of drug-likeness (QED) is 0.116. The first-order valence-electron chi connectivity index (χ1n) is 32.6.